The summed E-state index contributed by atoms with van der Waals surface area (Å²) in [7, 11) is -3.52. The van der Waals surface area contributed by atoms with Crippen molar-refractivity contribution >= 4 is 33.3 Å². The van der Waals surface area contributed by atoms with E-state index in [1.165, 1.54) is 25.1 Å². The largest absolute Gasteiger partial charge is 0.478 e. The highest BCUT2D eigenvalue weighted by Gasteiger charge is 2.15. The van der Waals surface area contributed by atoms with Crippen LogP contribution >= 0.6 is 11.6 Å². The fraction of sp³-hybridized carbons (Fsp3) is 0.222. The molecule has 0 atom stereocenters. The highest BCUT2D eigenvalue weighted by atomic mass is 35.5. The Bertz CT molecular complexity index is 512. The van der Waals surface area contributed by atoms with E-state index in [0.717, 1.165) is 0 Å². The lowest BCUT2D eigenvalue weighted by atomic mass is 10.2. The predicted octanol–water partition coefficient (Wildman–Crippen LogP) is 1.80. The molecule has 0 aromatic heterocycles. The van der Waals surface area contributed by atoms with Gasteiger partial charge in [-0.25, -0.2) is 13.2 Å². The number of rotatable bonds is 4. The van der Waals surface area contributed by atoms with Gasteiger partial charge in [0.15, 0.2) is 0 Å². The summed E-state index contributed by atoms with van der Waals surface area (Å²) >= 11 is 5.67. The maximum atomic E-state index is 11.3. The summed E-state index contributed by atoms with van der Waals surface area (Å²) in [6, 6.07) is 3.89. The van der Waals surface area contributed by atoms with Crippen LogP contribution in [0.2, 0.25) is 5.02 Å². The number of carboxylic acids is 1. The zero-order chi connectivity index (χ0) is 12.3. The lowest BCUT2D eigenvalue weighted by Crippen LogP contribution is -2.16. The molecule has 0 aliphatic heterocycles. The number of nitrogens with one attached hydrogen (secondary N) is 1. The maximum Gasteiger partial charge on any atom is 0.337 e. The molecular weight excluding hydrogens is 254 g/mol. The molecule has 0 bridgehead atoms. The van der Waals surface area contributed by atoms with E-state index in [1.807, 2.05) is 0 Å². The van der Waals surface area contributed by atoms with Crippen LogP contribution in [0.1, 0.15) is 17.3 Å². The van der Waals surface area contributed by atoms with Gasteiger partial charge in [-0.2, -0.15) is 0 Å². The monoisotopic (exact) mass is 263 g/mol. The van der Waals surface area contributed by atoms with Crippen molar-refractivity contribution in [2.75, 3.05) is 10.5 Å². The molecule has 0 aliphatic rings. The summed E-state index contributed by atoms with van der Waals surface area (Å²) in [5.74, 6) is -1.36. The molecule has 2 N–H and O–H groups in total. The Hall–Kier alpha value is -1.27. The zero-order valence-electron chi connectivity index (χ0n) is 8.40. The topological polar surface area (TPSA) is 83.5 Å². The molecule has 0 amide bonds. The standard InChI is InChI=1S/C9H10ClNO4S/c1-2-16(14,15)11-8-5-6(10)3-4-7(8)9(12)13/h3-5,11H,2H2,1H3,(H,12,13). The van der Waals surface area contributed by atoms with Crippen LogP contribution in [0.4, 0.5) is 5.69 Å². The molecule has 1 aromatic carbocycles. The van der Waals surface area contributed by atoms with E-state index >= 15 is 0 Å². The van der Waals surface area contributed by atoms with Crippen molar-refractivity contribution in [2.24, 2.45) is 0 Å². The smallest absolute Gasteiger partial charge is 0.337 e. The molecule has 0 heterocycles. The molecule has 0 saturated carbocycles. The third-order valence-corrected chi connectivity index (χ3v) is 3.38. The summed E-state index contributed by atoms with van der Waals surface area (Å²) in [6.07, 6.45) is 0. The normalized spacial score (nSPS) is 11.1. The first kappa shape index (κ1) is 12.8. The fourth-order valence-electron chi connectivity index (χ4n) is 1.03. The molecule has 16 heavy (non-hydrogen) atoms. The minimum absolute atomic E-state index is 0.0261. The summed E-state index contributed by atoms with van der Waals surface area (Å²) < 4.78 is 24.8. The number of hydrogen-bond donors (Lipinski definition) is 2. The van der Waals surface area contributed by atoms with Crippen LogP contribution in [0.25, 0.3) is 0 Å². The van der Waals surface area contributed by atoms with Crippen LogP contribution in [0, 0.1) is 0 Å². The lowest BCUT2D eigenvalue weighted by molar-refractivity contribution is 0.0698. The van der Waals surface area contributed by atoms with E-state index in [4.69, 9.17) is 16.7 Å². The molecule has 0 aliphatic carbocycles. The molecule has 7 heteroatoms. The van der Waals surface area contributed by atoms with Crippen LogP contribution in [0.3, 0.4) is 0 Å². The highest BCUT2D eigenvalue weighted by molar-refractivity contribution is 7.92. The first-order valence-corrected chi connectivity index (χ1v) is 6.42. The van der Waals surface area contributed by atoms with E-state index in [9.17, 15) is 13.2 Å². The number of benzene rings is 1. The second kappa shape index (κ2) is 4.71. The van der Waals surface area contributed by atoms with Crippen molar-refractivity contribution < 1.29 is 18.3 Å². The van der Waals surface area contributed by atoms with E-state index in [-0.39, 0.29) is 22.0 Å². The van der Waals surface area contributed by atoms with Gasteiger partial charge in [-0.3, -0.25) is 4.72 Å². The number of sulfonamides is 1. The molecule has 0 spiro atoms. The van der Waals surface area contributed by atoms with E-state index < -0.39 is 16.0 Å². The Kier molecular flexibility index (Phi) is 3.77. The van der Waals surface area contributed by atoms with Crippen LogP contribution in [0.15, 0.2) is 18.2 Å². The summed E-state index contributed by atoms with van der Waals surface area (Å²) in [5.41, 5.74) is -0.164. The average molecular weight is 264 g/mol. The maximum absolute atomic E-state index is 11.3. The Balaban J connectivity index is 3.21. The van der Waals surface area contributed by atoms with Crippen molar-refractivity contribution in [2.45, 2.75) is 6.92 Å². The first-order chi connectivity index (χ1) is 7.35. The Labute approximate surface area is 98.1 Å². The number of halogens is 1. The molecule has 0 unspecified atom stereocenters. The van der Waals surface area contributed by atoms with Crippen LogP contribution in [-0.4, -0.2) is 25.2 Å². The van der Waals surface area contributed by atoms with Crippen LogP contribution in [0.5, 0.6) is 0 Å². The molecule has 0 saturated heterocycles. The van der Waals surface area contributed by atoms with Crippen LogP contribution < -0.4 is 4.72 Å². The van der Waals surface area contributed by atoms with Gasteiger partial charge in [-0.05, 0) is 25.1 Å². The quantitative estimate of drug-likeness (QED) is 0.868. The number of aromatic carboxylic acids is 1. The first-order valence-electron chi connectivity index (χ1n) is 4.39. The van der Waals surface area contributed by atoms with Gasteiger partial charge in [0.05, 0.1) is 17.0 Å². The minimum Gasteiger partial charge on any atom is -0.478 e. The van der Waals surface area contributed by atoms with E-state index in [2.05, 4.69) is 4.72 Å². The van der Waals surface area contributed by atoms with Gasteiger partial charge in [0.25, 0.3) is 0 Å². The third-order valence-electron chi connectivity index (χ3n) is 1.86. The van der Waals surface area contributed by atoms with Gasteiger partial charge in [0, 0.05) is 5.02 Å². The molecule has 88 valence electrons. The Morgan fingerprint density at radius 1 is 1.50 bits per heavy atom. The number of carbonyl (C=O) groups is 1. The van der Waals surface area contributed by atoms with Gasteiger partial charge >= 0.3 is 5.97 Å². The minimum atomic E-state index is -3.52. The van der Waals surface area contributed by atoms with E-state index in [1.54, 1.807) is 0 Å². The average Bonchev–Trinajstić information content (AvgIpc) is 2.16. The highest BCUT2D eigenvalue weighted by Crippen LogP contribution is 2.22. The Morgan fingerprint density at radius 2 is 2.12 bits per heavy atom. The lowest BCUT2D eigenvalue weighted by Gasteiger charge is -2.09. The predicted molar refractivity (Wildman–Crippen MR) is 61.5 cm³/mol. The number of anilines is 1. The van der Waals surface area contributed by atoms with Crippen molar-refractivity contribution in [1.29, 1.82) is 0 Å². The second-order valence-electron chi connectivity index (χ2n) is 3.00. The Morgan fingerprint density at radius 3 is 2.62 bits per heavy atom. The molecule has 1 rings (SSSR count). The molecule has 0 fully saturated rings. The third kappa shape index (κ3) is 3.11. The van der Waals surface area contributed by atoms with Gasteiger partial charge in [0.2, 0.25) is 10.0 Å². The van der Waals surface area contributed by atoms with Crippen molar-refractivity contribution in [3.63, 3.8) is 0 Å². The van der Waals surface area contributed by atoms with Crippen LogP contribution in [-0.2, 0) is 10.0 Å². The number of hydrogen-bond acceptors (Lipinski definition) is 3. The van der Waals surface area contributed by atoms with Gasteiger partial charge in [0.1, 0.15) is 0 Å². The van der Waals surface area contributed by atoms with Gasteiger partial charge in [-0.15, -0.1) is 0 Å². The van der Waals surface area contributed by atoms with E-state index in [0.29, 0.717) is 0 Å². The SMILES string of the molecule is CCS(=O)(=O)Nc1cc(Cl)ccc1C(=O)O. The van der Waals surface area contributed by atoms with Crippen molar-refractivity contribution in [1.82, 2.24) is 0 Å². The molecule has 0 radical (unpaired) electrons. The van der Waals surface area contributed by atoms with Gasteiger partial charge in [-0.1, -0.05) is 11.6 Å². The van der Waals surface area contributed by atoms with Crippen molar-refractivity contribution in [3.8, 4) is 0 Å². The zero-order valence-corrected chi connectivity index (χ0v) is 9.97. The fourth-order valence-corrected chi connectivity index (χ4v) is 1.85. The molecule has 5 nitrogen and oxygen atoms in total. The van der Waals surface area contributed by atoms with Crippen molar-refractivity contribution in [3.05, 3.63) is 28.8 Å². The summed E-state index contributed by atoms with van der Waals surface area (Å²) in [4.78, 5) is 10.8. The summed E-state index contributed by atoms with van der Waals surface area (Å²) in [5, 5.41) is 9.11. The summed E-state index contributed by atoms with van der Waals surface area (Å²) in [6.45, 7) is 1.45. The second-order valence-corrected chi connectivity index (χ2v) is 5.45. The molecular formula is C9H10ClNO4S. The molecule has 1 aromatic rings. The van der Waals surface area contributed by atoms with Gasteiger partial charge < -0.3 is 5.11 Å². The number of carboxylic acid groups (broad SMARTS) is 1.